The smallest absolute Gasteiger partial charge is 0.341 e. The van der Waals surface area contributed by atoms with E-state index in [1.807, 2.05) is 42.8 Å². The molecule has 0 saturated heterocycles. The van der Waals surface area contributed by atoms with E-state index in [4.69, 9.17) is 4.74 Å². The Morgan fingerprint density at radius 2 is 2.09 bits per heavy atom. The maximum Gasteiger partial charge on any atom is 0.341 e. The number of nitrogens with one attached hydrogen (secondary N) is 1. The van der Waals surface area contributed by atoms with Gasteiger partial charge in [-0.05, 0) is 43.2 Å². The van der Waals surface area contributed by atoms with Crippen molar-refractivity contribution in [2.45, 2.75) is 38.3 Å². The SMILES string of the molecule is COC(=O)c1c(NC(=O)CSc2nnc(-c3ccccc3C)n2C)sc2c1CCC(C)C2. The second kappa shape index (κ2) is 9.46. The zero-order chi connectivity index (χ0) is 22.8. The van der Waals surface area contributed by atoms with Gasteiger partial charge in [0.15, 0.2) is 11.0 Å². The first-order valence-electron chi connectivity index (χ1n) is 10.5. The number of carbonyl (C=O) groups excluding carboxylic acids is 2. The lowest BCUT2D eigenvalue weighted by Crippen LogP contribution is -2.17. The van der Waals surface area contributed by atoms with E-state index in [9.17, 15) is 9.59 Å². The molecular formula is C23H26N4O3S2. The van der Waals surface area contributed by atoms with Gasteiger partial charge in [0.1, 0.15) is 5.00 Å². The zero-order valence-corrected chi connectivity index (χ0v) is 20.2. The van der Waals surface area contributed by atoms with Crippen LogP contribution in [-0.4, -0.2) is 39.5 Å². The fraction of sp³-hybridized carbons (Fsp3) is 0.391. The number of hydrogen-bond donors (Lipinski definition) is 1. The number of esters is 1. The minimum atomic E-state index is -0.392. The quantitative estimate of drug-likeness (QED) is 0.422. The average Bonchev–Trinajstić information content (AvgIpc) is 3.31. The van der Waals surface area contributed by atoms with Crippen molar-refractivity contribution in [3.8, 4) is 11.4 Å². The van der Waals surface area contributed by atoms with Crippen LogP contribution in [0.15, 0.2) is 29.4 Å². The number of hydrogen-bond acceptors (Lipinski definition) is 7. The Morgan fingerprint density at radius 1 is 1.31 bits per heavy atom. The highest BCUT2D eigenvalue weighted by atomic mass is 32.2. The fourth-order valence-electron chi connectivity index (χ4n) is 3.95. The number of methoxy groups -OCH3 is 1. The summed E-state index contributed by atoms with van der Waals surface area (Å²) in [7, 11) is 3.27. The van der Waals surface area contributed by atoms with Crippen molar-refractivity contribution in [2.24, 2.45) is 13.0 Å². The summed E-state index contributed by atoms with van der Waals surface area (Å²) in [6.07, 6.45) is 2.80. The highest BCUT2D eigenvalue weighted by Crippen LogP contribution is 2.40. The number of carbonyl (C=O) groups is 2. The van der Waals surface area contributed by atoms with Gasteiger partial charge >= 0.3 is 5.97 Å². The van der Waals surface area contributed by atoms with Crippen LogP contribution in [-0.2, 0) is 29.4 Å². The van der Waals surface area contributed by atoms with Crippen LogP contribution in [0.25, 0.3) is 11.4 Å². The predicted molar refractivity (Wildman–Crippen MR) is 127 cm³/mol. The topological polar surface area (TPSA) is 86.1 Å². The Bertz CT molecular complexity index is 1170. The Kier molecular flexibility index (Phi) is 6.66. The minimum Gasteiger partial charge on any atom is -0.465 e. The first-order valence-corrected chi connectivity index (χ1v) is 12.3. The van der Waals surface area contributed by atoms with Gasteiger partial charge in [-0.1, -0.05) is 43.0 Å². The number of thioether (sulfide) groups is 1. The summed E-state index contributed by atoms with van der Waals surface area (Å²) in [5.74, 6) is 0.922. The summed E-state index contributed by atoms with van der Waals surface area (Å²) in [5, 5.41) is 12.7. The lowest BCUT2D eigenvalue weighted by Gasteiger charge is -2.18. The largest absolute Gasteiger partial charge is 0.465 e. The van der Waals surface area contributed by atoms with Crippen molar-refractivity contribution in [2.75, 3.05) is 18.2 Å². The molecule has 0 spiro atoms. The van der Waals surface area contributed by atoms with Crippen molar-refractivity contribution < 1.29 is 14.3 Å². The molecule has 1 N–H and O–H groups in total. The van der Waals surface area contributed by atoms with Gasteiger partial charge in [0.2, 0.25) is 5.91 Å². The Hall–Kier alpha value is -2.65. The maximum atomic E-state index is 12.7. The highest BCUT2D eigenvalue weighted by molar-refractivity contribution is 7.99. The van der Waals surface area contributed by atoms with Crippen LogP contribution >= 0.6 is 23.1 Å². The van der Waals surface area contributed by atoms with E-state index in [0.717, 1.165) is 41.8 Å². The van der Waals surface area contributed by atoms with Crippen LogP contribution in [0.2, 0.25) is 0 Å². The molecule has 4 rings (SSSR count). The minimum absolute atomic E-state index is 0.166. The molecule has 32 heavy (non-hydrogen) atoms. The number of benzene rings is 1. The van der Waals surface area contributed by atoms with E-state index in [1.165, 1.54) is 35.1 Å². The second-order valence-electron chi connectivity index (χ2n) is 8.06. The van der Waals surface area contributed by atoms with Gasteiger partial charge in [-0.15, -0.1) is 21.5 Å². The van der Waals surface area contributed by atoms with Crippen molar-refractivity contribution >= 4 is 40.0 Å². The molecule has 1 amide bonds. The van der Waals surface area contributed by atoms with Gasteiger partial charge in [0.05, 0.1) is 18.4 Å². The predicted octanol–water partition coefficient (Wildman–Crippen LogP) is 4.49. The lowest BCUT2D eigenvalue weighted by atomic mass is 9.88. The third kappa shape index (κ3) is 4.45. The fourth-order valence-corrected chi connectivity index (χ4v) is 6.07. The van der Waals surface area contributed by atoms with Crippen LogP contribution in [0, 0.1) is 12.8 Å². The Labute approximate surface area is 195 Å². The van der Waals surface area contributed by atoms with Gasteiger partial charge in [-0.2, -0.15) is 0 Å². The number of ether oxygens (including phenoxy) is 1. The van der Waals surface area contributed by atoms with Gasteiger partial charge < -0.3 is 14.6 Å². The van der Waals surface area contributed by atoms with Crippen LogP contribution in [0.3, 0.4) is 0 Å². The monoisotopic (exact) mass is 470 g/mol. The third-order valence-electron chi connectivity index (χ3n) is 5.71. The van der Waals surface area contributed by atoms with Crippen molar-refractivity contribution in [1.29, 1.82) is 0 Å². The molecule has 1 aromatic carbocycles. The Balaban J connectivity index is 1.48. The molecule has 0 radical (unpaired) electrons. The van der Waals surface area contributed by atoms with Gasteiger partial charge in [-0.25, -0.2) is 4.79 Å². The summed E-state index contributed by atoms with van der Waals surface area (Å²) in [6, 6.07) is 8.00. The molecule has 2 aromatic heterocycles. The van der Waals surface area contributed by atoms with Gasteiger partial charge in [0, 0.05) is 17.5 Å². The van der Waals surface area contributed by atoms with E-state index in [2.05, 4.69) is 22.4 Å². The number of nitrogens with zero attached hydrogens (tertiary/aromatic N) is 3. The number of thiophene rings is 1. The molecule has 168 valence electrons. The van der Waals surface area contributed by atoms with E-state index in [0.29, 0.717) is 21.6 Å². The van der Waals surface area contributed by atoms with E-state index >= 15 is 0 Å². The van der Waals surface area contributed by atoms with Gasteiger partial charge in [-0.3, -0.25) is 4.79 Å². The number of aryl methyl sites for hydroxylation is 1. The van der Waals surface area contributed by atoms with Crippen LogP contribution in [0.1, 0.15) is 39.7 Å². The van der Waals surface area contributed by atoms with Crippen molar-refractivity contribution in [1.82, 2.24) is 14.8 Å². The summed E-state index contributed by atoms with van der Waals surface area (Å²) in [4.78, 5) is 26.3. The summed E-state index contributed by atoms with van der Waals surface area (Å²) >= 11 is 2.81. The van der Waals surface area contributed by atoms with E-state index in [-0.39, 0.29) is 11.7 Å². The van der Waals surface area contributed by atoms with Gasteiger partial charge in [0.25, 0.3) is 0 Å². The number of fused-ring (bicyclic) bond motifs is 1. The number of anilines is 1. The molecule has 0 aliphatic heterocycles. The molecule has 1 aliphatic rings. The maximum absolute atomic E-state index is 12.7. The summed E-state index contributed by atoms with van der Waals surface area (Å²) < 4.78 is 6.89. The molecular weight excluding hydrogens is 444 g/mol. The molecule has 9 heteroatoms. The molecule has 0 saturated carbocycles. The molecule has 0 bridgehead atoms. The highest BCUT2D eigenvalue weighted by Gasteiger charge is 2.29. The molecule has 7 nitrogen and oxygen atoms in total. The van der Waals surface area contributed by atoms with Crippen LogP contribution in [0.5, 0.6) is 0 Å². The van der Waals surface area contributed by atoms with E-state index < -0.39 is 5.97 Å². The average molecular weight is 471 g/mol. The molecule has 2 heterocycles. The molecule has 1 unspecified atom stereocenters. The molecule has 0 fully saturated rings. The molecule has 1 aliphatic carbocycles. The first-order chi connectivity index (χ1) is 15.4. The standard InChI is InChI=1S/C23H26N4O3S2/c1-13-9-10-16-17(11-13)32-21(19(16)22(29)30-4)24-18(28)12-31-23-26-25-20(27(23)3)15-8-6-5-7-14(15)2/h5-8,13H,9-12H2,1-4H3,(H,24,28). The number of aromatic nitrogens is 3. The molecule has 1 atom stereocenters. The van der Waals surface area contributed by atoms with Crippen molar-refractivity contribution in [3.63, 3.8) is 0 Å². The number of amides is 1. The zero-order valence-electron chi connectivity index (χ0n) is 18.6. The normalized spacial score (nSPS) is 15.3. The first kappa shape index (κ1) is 22.5. The van der Waals surface area contributed by atoms with Crippen LogP contribution < -0.4 is 5.32 Å². The summed E-state index contributed by atoms with van der Waals surface area (Å²) in [6.45, 7) is 4.24. The summed E-state index contributed by atoms with van der Waals surface area (Å²) in [5.41, 5.74) is 3.67. The van der Waals surface area contributed by atoms with Crippen molar-refractivity contribution in [3.05, 3.63) is 45.8 Å². The third-order valence-corrected chi connectivity index (χ3v) is 7.90. The van der Waals surface area contributed by atoms with Crippen LogP contribution in [0.4, 0.5) is 5.00 Å². The van der Waals surface area contributed by atoms with E-state index in [1.54, 1.807) is 0 Å². The Morgan fingerprint density at radius 3 is 2.84 bits per heavy atom. The second-order valence-corrected chi connectivity index (χ2v) is 10.1. The lowest BCUT2D eigenvalue weighted by molar-refractivity contribution is -0.113. The molecule has 3 aromatic rings. The number of rotatable bonds is 6.